The van der Waals surface area contributed by atoms with E-state index in [4.69, 9.17) is 0 Å². The smallest absolute Gasteiger partial charge is 0.159 e. The average molecular weight is 200 g/mol. The van der Waals surface area contributed by atoms with Gasteiger partial charge in [-0.15, -0.1) is 0 Å². The van der Waals surface area contributed by atoms with Gasteiger partial charge in [-0.05, 0) is 18.6 Å². The Morgan fingerprint density at radius 3 is 2.07 bits per heavy atom. The van der Waals surface area contributed by atoms with Gasteiger partial charge >= 0.3 is 0 Å². The molecule has 0 spiro atoms. The lowest BCUT2D eigenvalue weighted by atomic mass is 10.1. The van der Waals surface area contributed by atoms with Gasteiger partial charge in [0.1, 0.15) is 0 Å². The van der Waals surface area contributed by atoms with Gasteiger partial charge in [-0.25, -0.2) is 9.97 Å². The molecule has 0 radical (unpaired) electrons. The molecule has 15 heavy (non-hydrogen) atoms. The van der Waals surface area contributed by atoms with Gasteiger partial charge in [-0.1, -0.05) is 38.1 Å². The van der Waals surface area contributed by atoms with Gasteiger partial charge in [0.2, 0.25) is 0 Å². The second-order valence-electron chi connectivity index (χ2n) is 2.89. The molecule has 0 aliphatic carbocycles. The van der Waals surface area contributed by atoms with Crippen LogP contribution >= 0.6 is 0 Å². The largest absolute Gasteiger partial charge is 0.237 e. The first-order chi connectivity index (χ1) is 7.38. The molecule has 0 aliphatic heterocycles. The summed E-state index contributed by atoms with van der Waals surface area (Å²) in [5.74, 6) is 0.792. The third kappa shape index (κ3) is 2.88. The first-order valence-electron chi connectivity index (χ1n) is 5.21. The highest BCUT2D eigenvalue weighted by atomic mass is 14.8. The summed E-state index contributed by atoms with van der Waals surface area (Å²) in [5, 5.41) is 0. The maximum atomic E-state index is 4.20. The van der Waals surface area contributed by atoms with Crippen LogP contribution in [0, 0.1) is 6.92 Å². The summed E-state index contributed by atoms with van der Waals surface area (Å²) in [6.45, 7) is 6.06. The van der Waals surface area contributed by atoms with E-state index in [0.717, 1.165) is 11.4 Å². The van der Waals surface area contributed by atoms with E-state index >= 15 is 0 Å². The number of hydrogen-bond donors (Lipinski definition) is 0. The monoisotopic (exact) mass is 200 g/mol. The van der Waals surface area contributed by atoms with E-state index in [2.05, 4.69) is 23.0 Å². The molecule has 0 atom stereocenters. The summed E-state index contributed by atoms with van der Waals surface area (Å²) >= 11 is 0. The summed E-state index contributed by atoms with van der Waals surface area (Å²) in [6, 6.07) is 9.93. The fraction of sp³-hybridized carbons (Fsp3) is 0.231. The zero-order chi connectivity index (χ0) is 11.1. The second-order valence-corrected chi connectivity index (χ2v) is 2.89. The van der Waals surface area contributed by atoms with Gasteiger partial charge in [0.25, 0.3) is 0 Å². The molecule has 0 fully saturated rings. The molecule has 1 aromatic carbocycles. The lowest BCUT2D eigenvalue weighted by molar-refractivity contribution is 1.17. The summed E-state index contributed by atoms with van der Waals surface area (Å²) in [4.78, 5) is 8.40. The van der Waals surface area contributed by atoms with Crippen LogP contribution in [0.15, 0.2) is 42.7 Å². The van der Waals surface area contributed by atoms with Crippen molar-refractivity contribution in [2.45, 2.75) is 20.8 Å². The first-order valence-corrected chi connectivity index (χ1v) is 5.21. The van der Waals surface area contributed by atoms with E-state index < -0.39 is 0 Å². The fourth-order valence-corrected chi connectivity index (χ4v) is 1.26. The van der Waals surface area contributed by atoms with Gasteiger partial charge < -0.3 is 0 Å². The number of rotatable bonds is 1. The van der Waals surface area contributed by atoms with E-state index in [9.17, 15) is 0 Å². The van der Waals surface area contributed by atoms with E-state index in [-0.39, 0.29) is 0 Å². The van der Waals surface area contributed by atoms with Crippen LogP contribution in [0.2, 0.25) is 0 Å². The van der Waals surface area contributed by atoms with Crippen LogP contribution in [0.4, 0.5) is 0 Å². The third-order valence-corrected chi connectivity index (χ3v) is 1.95. The zero-order valence-corrected chi connectivity index (χ0v) is 9.44. The molecule has 1 heterocycles. The van der Waals surface area contributed by atoms with E-state index in [1.807, 2.05) is 38.1 Å². The molecule has 0 amide bonds. The second kappa shape index (κ2) is 5.91. The van der Waals surface area contributed by atoms with Crippen molar-refractivity contribution in [3.8, 4) is 11.4 Å². The van der Waals surface area contributed by atoms with Crippen LogP contribution in [0.3, 0.4) is 0 Å². The number of nitrogens with zero attached hydrogens (tertiary/aromatic N) is 2. The van der Waals surface area contributed by atoms with E-state index in [0.29, 0.717) is 0 Å². The van der Waals surface area contributed by atoms with Crippen LogP contribution < -0.4 is 0 Å². The summed E-state index contributed by atoms with van der Waals surface area (Å²) in [5.41, 5.74) is 2.30. The van der Waals surface area contributed by atoms with Gasteiger partial charge in [-0.2, -0.15) is 0 Å². The Hall–Kier alpha value is -1.70. The third-order valence-electron chi connectivity index (χ3n) is 1.95. The summed E-state index contributed by atoms with van der Waals surface area (Å²) in [7, 11) is 0. The minimum atomic E-state index is 0.792. The highest BCUT2D eigenvalue weighted by molar-refractivity contribution is 5.59. The number of aryl methyl sites for hydroxylation is 1. The normalized spacial score (nSPS) is 9.00. The fourth-order valence-electron chi connectivity index (χ4n) is 1.26. The molecule has 2 nitrogen and oxygen atoms in total. The lowest BCUT2D eigenvalue weighted by Gasteiger charge is -2.01. The van der Waals surface area contributed by atoms with Crippen LogP contribution in [0.1, 0.15) is 19.4 Å². The average Bonchev–Trinajstić information content (AvgIpc) is 2.33. The van der Waals surface area contributed by atoms with Gasteiger partial charge in [-0.3, -0.25) is 0 Å². The molecule has 2 aromatic rings. The van der Waals surface area contributed by atoms with Crippen molar-refractivity contribution < 1.29 is 0 Å². The molecule has 0 bridgehead atoms. The van der Waals surface area contributed by atoms with Crippen molar-refractivity contribution in [1.82, 2.24) is 9.97 Å². The predicted octanol–water partition coefficient (Wildman–Crippen LogP) is 3.48. The Morgan fingerprint density at radius 2 is 1.47 bits per heavy atom. The van der Waals surface area contributed by atoms with Gasteiger partial charge in [0.15, 0.2) is 5.82 Å². The molecule has 0 unspecified atom stereocenters. The Balaban J connectivity index is 0.000000531. The Labute approximate surface area is 91.0 Å². The van der Waals surface area contributed by atoms with Crippen molar-refractivity contribution in [2.24, 2.45) is 0 Å². The molecule has 0 saturated carbocycles. The predicted molar refractivity (Wildman–Crippen MR) is 63.6 cm³/mol. The van der Waals surface area contributed by atoms with Gasteiger partial charge in [0.05, 0.1) is 0 Å². The van der Waals surface area contributed by atoms with Crippen molar-refractivity contribution in [1.29, 1.82) is 0 Å². The van der Waals surface area contributed by atoms with Crippen LogP contribution in [0.5, 0.6) is 0 Å². The Bertz CT molecular complexity index is 396. The SMILES string of the molecule is CC.Cc1ccccc1-c1ncccn1. The Kier molecular flexibility index (Phi) is 4.48. The topological polar surface area (TPSA) is 25.8 Å². The van der Waals surface area contributed by atoms with Crippen molar-refractivity contribution in [3.05, 3.63) is 48.3 Å². The molecule has 78 valence electrons. The summed E-state index contributed by atoms with van der Waals surface area (Å²) in [6.07, 6.45) is 3.52. The summed E-state index contributed by atoms with van der Waals surface area (Å²) < 4.78 is 0. The molecule has 0 N–H and O–H groups in total. The molecular formula is C13H16N2. The molecule has 1 aromatic heterocycles. The quantitative estimate of drug-likeness (QED) is 0.704. The van der Waals surface area contributed by atoms with Crippen LogP contribution in [-0.2, 0) is 0 Å². The number of benzene rings is 1. The maximum Gasteiger partial charge on any atom is 0.159 e. The number of aromatic nitrogens is 2. The van der Waals surface area contributed by atoms with Crippen molar-refractivity contribution >= 4 is 0 Å². The highest BCUT2D eigenvalue weighted by Gasteiger charge is 2.01. The first kappa shape index (κ1) is 11.4. The standard InChI is InChI=1S/C11H10N2.C2H6/c1-9-5-2-3-6-10(9)11-12-7-4-8-13-11;1-2/h2-8H,1H3;1-2H3. The van der Waals surface area contributed by atoms with Crippen LogP contribution in [0.25, 0.3) is 11.4 Å². The maximum absolute atomic E-state index is 4.20. The van der Waals surface area contributed by atoms with Crippen LogP contribution in [-0.4, -0.2) is 9.97 Å². The number of hydrogen-bond acceptors (Lipinski definition) is 2. The van der Waals surface area contributed by atoms with Crippen molar-refractivity contribution in [2.75, 3.05) is 0 Å². The molecule has 0 aliphatic rings. The minimum Gasteiger partial charge on any atom is -0.237 e. The van der Waals surface area contributed by atoms with E-state index in [1.54, 1.807) is 12.4 Å². The van der Waals surface area contributed by atoms with Gasteiger partial charge in [0, 0.05) is 18.0 Å². The molecule has 2 rings (SSSR count). The van der Waals surface area contributed by atoms with E-state index in [1.165, 1.54) is 5.56 Å². The lowest BCUT2D eigenvalue weighted by Crippen LogP contribution is -1.88. The molecular weight excluding hydrogens is 184 g/mol. The highest BCUT2D eigenvalue weighted by Crippen LogP contribution is 2.17. The zero-order valence-electron chi connectivity index (χ0n) is 9.44. The van der Waals surface area contributed by atoms with Crippen molar-refractivity contribution in [3.63, 3.8) is 0 Å². The molecule has 2 heteroatoms. The molecule has 0 saturated heterocycles. The Morgan fingerprint density at radius 1 is 0.867 bits per heavy atom. The minimum absolute atomic E-state index is 0.792.